The number of hydrogen-bond donors (Lipinski definition) is 2. The summed E-state index contributed by atoms with van der Waals surface area (Å²) in [4.78, 5) is 34.7. The predicted octanol–water partition coefficient (Wildman–Crippen LogP) is 2.91. The number of hydrogen-bond acceptors (Lipinski definition) is 8. The van der Waals surface area contributed by atoms with Crippen molar-refractivity contribution in [2.24, 2.45) is 0 Å². The number of nitrogens with one attached hydrogen (secondary N) is 2. The summed E-state index contributed by atoms with van der Waals surface area (Å²) in [6, 6.07) is 16.5. The molecule has 0 atom stereocenters. The Hall–Kier alpha value is -4.09. The lowest BCUT2D eigenvalue weighted by Crippen LogP contribution is -2.31. The predicted molar refractivity (Wildman–Crippen MR) is 128 cm³/mol. The first-order valence-corrected chi connectivity index (χ1v) is 12.0. The number of Topliss-reactive ketones (excluding diaryl/α,β-unsaturated/α-hetero) is 1. The molecule has 0 aromatic heterocycles. The minimum absolute atomic E-state index is 0.141. The van der Waals surface area contributed by atoms with Crippen LogP contribution in [0.5, 0.6) is 0 Å². The molecular formula is C24H21N3O7S. The second kappa shape index (κ2) is 9.65. The van der Waals surface area contributed by atoms with Gasteiger partial charge in [0.15, 0.2) is 12.4 Å². The molecule has 2 N–H and O–H groups in total. The number of ether oxygens (including phenoxy) is 1. The number of nitro benzene ring substituents is 1. The van der Waals surface area contributed by atoms with Crippen molar-refractivity contribution in [2.45, 2.75) is 11.3 Å². The minimum atomic E-state index is -4.23. The molecule has 0 unspecified atom stereocenters. The van der Waals surface area contributed by atoms with Gasteiger partial charge in [0.05, 0.1) is 9.82 Å². The molecule has 1 aliphatic rings. The normalized spacial score (nSPS) is 11.9. The third kappa shape index (κ3) is 5.05. The fourth-order valence-corrected chi connectivity index (χ4v) is 4.84. The van der Waals surface area contributed by atoms with E-state index in [1.165, 1.54) is 24.7 Å². The second-order valence-electron chi connectivity index (χ2n) is 7.80. The van der Waals surface area contributed by atoms with Crippen molar-refractivity contribution in [3.8, 4) is 11.1 Å². The summed E-state index contributed by atoms with van der Waals surface area (Å²) in [5.74, 6) is -1.39. The van der Waals surface area contributed by atoms with Crippen molar-refractivity contribution in [3.63, 3.8) is 0 Å². The molecule has 0 aliphatic heterocycles. The first-order valence-electron chi connectivity index (χ1n) is 10.6. The highest BCUT2D eigenvalue weighted by Gasteiger charge is 2.23. The van der Waals surface area contributed by atoms with Gasteiger partial charge in [0.1, 0.15) is 12.2 Å². The molecule has 180 valence electrons. The zero-order valence-corrected chi connectivity index (χ0v) is 19.4. The molecule has 1 aliphatic carbocycles. The Morgan fingerprint density at radius 1 is 1.03 bits per heavy atom. The molecule has 0 heterocycles. The second-order valence-corrected chi connectivity index (χ2v) is 9.57. The van der Waals surface area contributed by atoms with Gasteiger partial charge in [0, 0.05) is 18.7 Å². The maximum atomic E-state index is 12.6. The number of fused-ring (bicyclic) bond motifs is 3. The first kappa shape index (κ1) is 24.0. The molecule has 3 aromatic rings. The van der Waals surface area contributed by atoms with Gasteiger partial charge < -0.3 is 10.1 Å². The largest absolute Gasteiger partial charge is 0.456 e. The summed E-state index contributed by atoms with van der Waals surface area (Å²) >= 11 is 0. The molecule has 0 fully saturated rings. The number of ketones is 1. The van der Waals surface area contributed by atoms with Gasteiger partial charge in [-0.25, -0.2) is 8.42 Å². The lowest BCUT2D eigenvalue weighted by Gasteiger charge is -2.09. The quantitative estimate of drug-likeness (QED) is 0.156. The molecule has 0 bridgehead atoms. The summed E-state index contributed by atoms with van der Waals surface area (Å²) < 4.78 is 31.9. The Kier molecular flexibility index (Phi) is 6.63. The first-order chi connectivity index (χ1) is 16.7. The van der Waals surface area contributed by atoms with Gasteiger partial charge in [0.25, 0.3) is 5.69 Å². The highest BCUT2D eigenvalue weighted by atomic mass is 32.2. The van der Waals surface area contributed by atoms with Crippen molar-refractivity contribution < 1.29 is 27.7 Å². The Bertz CT molecular complexity index is 1450. The number of sulfonamides is 1. The number of carbonyl (C=O) groups is 2. The number of rotatable bonds is 9. The van der Waals surface area contributed by atoms with E-state index in [2.05, 4.69) is 5.32 Å². The van der Waals surface area contributed by atoms with E-state index in [1.807, 2.05) is 35.1 Å². The van der Waals surface area contributed by atoms with E-state index in [0.29, 0.717) is 5.56 Å². The molecule has 35 heavy (non-hydrogen) atoms. The topological polar surface area (TPSA) is 145 Å². The Labute approximate surface area is 201 Å². The Morgan fingerprint density at radius 2 is 1.77 bits per heavy atom. The maximum Gasteiger partial charge on any atom is 0.321 e. The maximum absolute atomic E-state index is 12.6. The summed E-state index contributed by atoms with van der Waals surface area (Å²) in [6.07, 6.45) is 0.788. The van der Waals surface area contributed by atoms with E-state index in [0.717, 1.165) is 29.2 Å². The van der Waals surface area contributed by atoms with Crippen molar-refractivity contribution >= 4 is 33.2 Å². The molecule has 10 nitrogen and oxygen atoms in total. The highest BCUT2D eigenvalue weighted by molar-refractivity contribution is 7.89. The van der Waals surface area contributed by atoms with Gasteiger partial charge in [-0.2, -0.15) is 4.72 Å². The average molecular weight is 496 g/mol. The molecule has 11 heteroatoms. The lowest BCUT2D eigenvalue weighted by atomic mass is 10.0. The molecule has 0 spiro atoms. The molecule has 0 saturated carbocycles. The van der Waals surface area contributed by atoms with Crippen molar-refractivity contribution in [2.75, 3.05) is 25.5 Å². The van der Waals surface area contributed by atoms with Crippen LogP contribution in [0.15, 0.2) is 65.6 Å². The smallest absolute Gasteiger partial charge is 0.321 e. The van der Waals surface area contributed by atoms with Gasteiger partial charge in [-0.15, -0.1) is 0 Å². The number of carbonyl (C=O) groups excluding carboxylic acids is 2. The Morgan fingerprint density at radius 3 is 2.51 bits per heavy atom. The van der Waals surface area contributed by atoms with Crippen LogP contribution in [0.3, 0.4) is 0 Å². The summed E-state index contributed by atoms with van der Waals surface area (Å²) in [6.45, 7) is -1.29. The number of nitrogens with zero attached hydrogens (tertiary/aromatic N) is 1. The van der Waals surface area contributed by atoms with Crippen LogP contribution in [0.1, 0.15) is 21.5 Å². The van der Waals surface area contributed by atoms with Crippen LogP contribution < -0.4 is 10.0 Å². The standard InChI is InChI=1S/C24H21N3O7S/c1-25-21-9-8-18(12-22(21)27(30)31)35(32,33)26-13-24(29)34-14-23(28)17-7-6-16-10-15-4-2-3-5-19(15)20(16)11-17/h2-9,11-12,25-26H,10,13-14H2,1H3. The van der Waals surface area contributed by atoms with Crippen molar-refractivity contribution in [1.82, 2.24) is 4.72 Å². The van der Waals surface area contributed by atoms with Gasteiger partial charge in [-0.3, -0.25) is 19.7 Å². The summed E-state index contributed by atoms with van der Waals surface area (Å²) in [5.41, 5.74) is 4.40. The van der Waals surface area contributed by atoms with E-state index in [4.69, 9.17) is 4.74 Å². The van der Waals surface area contributed by atoms with Crippen LogP contribution in [-0.4, -0.2) is 45.3 Å². The van der Waals surface area contributed by atoms with Crippen LogP contribution in [0.2, 0.25) is 0 Å². The monoisotopic (exact) mass is 495 g/mol. The summed E-state index contributed by atoms with van der Waals surface area (Å²) in [7, 11) is -2.76. The summed E-state index contributed by atoms with van der Waals surface area (Å²) in [5, 5.41) is 13.8. The van der Waals surface area contributed by atoms with E-state index in [9.17, 15) is 28.1 Å². The number of anilines is 1. The highest BCUT2D eigenvalue weighted by Crippen LogP contribution is 2.36. The molecule has 3 aromatic carbocycles. The van der Waals surface area contributed by atoms with Crippen LogP contribution in [0.25, 0.3) is 11.1 Å². The molecule has 0 saturated heterocycles. The molecule has 4 rings (SSSR count). The van der Waals surface area contributed by atoms with Crippen LogP contribution >= 0.6 is 0 Å². The SMILES string of the molecule is CNc1ccc(S(=O)(=O)NCC(=O)OCC(=O)c2ccc3c(c2)-c2ccccc2C3)cc1[N+](=O)[O-]. The van der Waals surface area contributed by atoms with Crippen molar-refractivity contribution in [1.29, 1.82) is 0 Å². The minimum Gasteiger partial charge on any atom is -0.456 e. The lowest BCUT2D eigenvalue weighted by molar-refractivity contribution is -0.384. The number of nitro groups is 1. The number of esters is 1. The van der Waals surface area contributed by atoms with Gasteiger partial charge in [0.2, 0.25) is 10.0 Å². The van der Waals surface area contributed by atoms with E-state index >= 15 is 0 Å². The fourth-order valence-electron chi connectivity index (χ4n) is 3.86. The van der Waals surface area contributed by atoms with Crippen LogP contribution in [0.4, 0.5) is 11.4 Å². The fraction of sp³-hybridized carbons (Fsp3) is 0.167. The average Bonchev–Trinajstić information content (AvgIpc) is 3.23. The zero-order chi connectivity index (χ0) is 25.2. The van der Waals surface area contributed by atoms with Gasteiger partial charge >= 0.3 is 5.97 Å². The van der Waals surface area contributed by atoms with Gasteiger partial charge in [-0.05, 0) is 46.9 Å². The van der Waals surface area contributed by atoms with Crippen LogP contribution in [0, 0.1) is 10.1 Å². The van der Waals surface area contributed by atoms with E-state index in [-0.39, 0.29) is 10.6 Å². The third-order valence-corrected chi connectivity index (χ3v) is 7.04. The molecule has 0 radical (unpaired) electrons. The van der Waals surface area contributed by atoms with E-state index in [1.54, 1.807) is 12.1 Å². The molecular weight excluding hydrogens is 474 g/mol. The van der Waals surface area contributed by atoms with Gasteiger partial charge in [-0.1, -0.05) is 36.4 Å². The Balaban J connectivity index is 1.36. The molecule has 0 amide bonds. The third-order valence-electron chi connectivity index (χ3n) is 5.64. The number of benzene rings is 3. The van der Waals surface area contributed by atoms with E-state index < -0.39 is 45.5 Å². The van der Waals surface area contributed by atoms with Crippen LogP contribution in [-0.2, 0) is 26.0 Å². The van der Waals surface area contributed by atoms with Crippen molar-refractivity contribution in [3.05, 3.63) is 87.5 Å². The zero-order valence-electron chi connectivity index (χ0n) is 18.6.